The van der Waals surface area contributed by atoms with Crippen LogP contribution in [0.4, 0.5) is 0 Å². The molecule has 0 aliphatic carbocycles. The Morgan fingerprint density at radius 3 is 2.46 bits per heavy atom. The molecule has 2 rings (SSSR count). The average Bonchev–Trinajstić information content (AvgIpc) is 2.94. The summed E-state index contributed by atoms with van der Waals surface area (Å²) in [5.74, 6) is 0. The lowest BCUT2D eigenvalue weighted by molar-refractivity contribution is 0.185. The van der Waals surface area contributed by atoms with E-state index in [2.05, 4.69) is 63.2 Å². The molecule has 0 spiro atoms. The zero-order valence-electron chi connectivity index (χ0n) is 15.5. The van der Waals surface area contributed by atoms with Crippen LogP contribution in [0.2, 0.25) is 0 Å². The Hall–Kier alpha value is -2.16. The fraction of sp³-hybridized carbons (Fsp3) is 0.474. The summed E-state index contributed by atoms with van der Waals surface area (Å²) in [5.41, 5.74) is 4.02. The van der Waals surface area contributed by atoms with E-state index < -0.39 is 0 Å². The SMILES string of the molecule is Cc1c([C@@H](C)NCC(C)(C)N(C)C)cnn1-c1ccc(C#N)cc1. The quantitative estimate of drug-likeness (QED) is 0.887. The van der Waals surface area contributed by atoms with Gasteiger partial charge in [-0.1, -0.05) is 0 Å². The van der Waals surface area contributed by atoms with E-state index in [-0.39, 0.29) is 11.6 Å². The topological polar surface area (TPSA) is 56.9 Å². The molecule has 0 fully saturated rings. The molecule has 0 bridgehead atoms. The zero-order chi connectivity index (χ0) is 17.9. The molecule has 0 aliphatic heterocycles. The molecule has 0 amide bonds. The van der Waals surface area contributed by atoms with Crippen molar-refractivity contribution in [2.45, 2.75) is 39.3 Å². The van der Waals surface area contributed by atoms with Crippen molar-refractivity contribution in [1.29, 1.82) is 5.26 Å². The molecule has 24 heavy (non-hydrogen) atoms. The third-order valence-electron chi connectivity index (χ3n) is 4.81. The summed E-state index contributed by atoms with van der Waals surface area (Å²) < 4.78 is 1.92. The van der Waals surface area contributed by atoms with Crippen molar-refractivity contribution in [3.05, 3.63) is 47.3 Å². The molecule has 0 aliphatic rings. The van der Waals surface area contributed by atoms with Crippen LogP contribution in [0.15, 0.2) is 30.5 Å². The van der Waals surface area contributed by atoms with Crippen molar-refractivity contribution in [3.8, 4) is 11.8 Å². The van der Waals surface area contributed by atoms with Crippen LogP contribution in [-0.2, 0) is 0 Å². The second-order valence-corrected chi connectivity index (χ2v) is 7.07. The number of benzene rings is 1. The van der Waals surface area contributed by atoms with Gasteiger partial charge in [0.15, 0.2) is 0 Å². The summed E-state index contributed by atoms with van der Waals surface area (Å²) >= 11 is 0. The van der Waals surface area contributed by atoms with E-state index in [1.54, 1.807) is 0 Å². The number of nitrogens with one attached hydrogen (secondary N) is 1. The lowest BCUT2D eigenvalue weighted by Gasteiger charge is -2.34. The lowest BCUT2D eigenvalue weighted by atomic mass is 10.0. The minimum atomic E-state index is 0.0886. The molecular weight excluding hydrogens is 298 g/mol. The fourth-order valence-electron chi connectivity index (χ4n) is 2.46. The van der Waals surface area contributed by atoms with Crippen LogP contribution < -0.4 is 5.32 Å². The van der Waals surface area contributed by atoms with E-state index in [4.69, 9.17) is 5.26 Å². The predicted molar refractivity (Wildman–Crippen MR) is 97.2 cm³/mol. The molecule has 1 N–H and O–H groups in total. The first-order valence-electron chi connectivity index (χ1n) is 8.22. The standard InChI is InChI=1S/C19H27N5/c1-14(21-13-19(3,4)23(5)6)18-12-22-24(15(18)2)17-9-7-16(11-20)8-10-17/h7-10,12,14,21H,13H2,1-6H3/t14-/m1/s1. The van der Waals surface area contributed by atoms with Crippen molar-refractivity contribution in [3.63, 3.8) is 0 Å². The smallest absolute Gasteiger partial charge is 0.0991 e. The van der Waals surface area contributed by atoms with Crippen molar-refractivity contribution < 1.29 is 0 Å². The Morgan fingerprint density at radius 2 is 1.92 bits per heavy atom. The normalized spacial score (nSPS) is 13.1. The van der Waals surface area contributed by atoms with Gasteiger partial charge in [0.05, 0.1) is 23.5 Å². The Kier molecular flexibility index (Phi) is 5.43. The maximum Gasteiger partial charge on any atom is 0.0991 e. The second kappa shape index (κ2) is 7.16. The number of hydrogen-bond acceptors (Lipinski definition) is 4. The highest BCUT2D eigenvalue weighted by molar-refractivity contribution is 5.40. The maximum absolute atomic E-state index is 8.91. The largest absolute Gasteiger partial charge is 0.308 e. The molecule has 1 atom stereocenters. The van der Waals surface area contributed by atoms with Gasteiger partial charge in [-0.05, 0) is 66.1 Å². The van der Waals surface area contributed by atoms with E-state index >= 15 is 0 Å². The molecule has 0 unspecified atom stereocenters. The van der Waals surface area contributed by atoms with Gasteiger partial charge in [0.1, 0.15) is 0 Å². The lowest BCUT2D eigenvalue weighted by Crippen LogP contribution is -2.47. The molecule has 1 aromatic heterocycles. The van der Waals surface area contributed by atoms with E-state index in [1.165, 1.54) is 5.56 Å². The van der Waals surface area contributed by atoms with Gasteiger partial charge in [0.25, 0.3) is 0 Å². The second-order valence-electron chi connectivity index (χ2n) is 7.07. The first-order valence-corrected chi connectivity index (χ1v) is 8.22. The molecule has 2 aromatic rings. The first kappa shape index (κ1) is 18.2. The fourth-order valence-corrected chi connectivity index (χ4v) is 2.46. The Labute approximate surface area is 144 Å². The number of aromatic nitrogens is 2. The summed E-state index contributed by atoms with van der Waals surface area (Å²) in [6.45, 7) is 9.58. The Balaban J connectivity index is 2.15. The van der Waals surface area contributed by atoms with Crippen molar-refractivity contribution >= 4 is 0 Å². The number of nitriles is 1. The van der Waals surface area contributed by atoms with Gasteiger partial charge in [-0.15, -0.1) is 0 Å². The summed E-state index contributed by atoms with van der Waals surface area (Å²) in [6, 6.07) is 9.84. The van der Waals surface area contributed by atoms with Crippen LogP contribution >= 0.6 is 0 Å². The van der Waals surface area contributed by atoms with Gasteiger partial charge in [0.2, 0.25) is 0 Å². The van der Waals surface area contributed by atoms with E-state index in [1.807, 2.05) is 35.1 Å². The molecule has 128 valence electrons. The molecule has 0 saturated heterocycles. The van der Waals surface area contributed by atoms with Crippen LogP contribution in [-0.4, -0.2) is 40.9 Å². The van der Waals surface area contributed by atoms with E-state index in [0.717, 1.165) is 17.9 Å². The van der Waals surface area contributed by atoms with Crippen LogP contribution in [0.25, 0.3) is 5.69 Å². The summed E-state index contributed by atoms with van der Waals surface area (Å²) in [4.78, 5) is 2.22. The van der Waals surface area contributed by atoms with E-state index in [9.17, 15) is 0 Å². The third-order valence-corrected chi connectivity index (χ3v) is 4.81. The molecular formula is C19H27N5. The van der Waals surface area contributed by atoms with Crippen LogP contribution in [0.3, 0.4) is 0 Å². The number of hydrogen-bond donors (Lipinski definition) is 1. The number of rotatable bonds is 6. The summed E-state index contributed by atoms with van der Waals surface area (Å²) in [6.07, 6.45) is 1.92. The van der Waals surface area contributed by atoms with E-state index in [0.29, 0.717) is 5.56 Å². The molecule has 0 saturated carbocycles. The Morgan fingerprint density at radius 1 is 1.29 bits per heavy atom. The van der Waals surface area contributed by atoms with Crippen LogP contribution in [0, 0.1) is 18.3 Å². The third kappa shape index (κ3) is 3.84. The summed E-state index contributed by atoms with van der Waals surface area (Å²) in [7, 11) is 4.20. The molecule has 5 heteroatoms. The van der Waals surface area contributed by atoms with Gasteiger partial charge in [-0.3, -0.25) is 0 Å². The monoisotopic (exact) mass is 325 g/mol. The average molecular weight is 325 g/mol. The first-order chi connectivity index (χ1) is 11.3. The van der Waals surface area contributed by atoms with Gasteiger partial charge >= 0.3 is 0 Å². The van der Waals surface area contributed by atoms with Gasteiger partial charge in [-0.2, -0.15) is 10.4 Å². The van der Waals surface area contributed by atoms with Crippen molar-refractivity contribution in [1.82, 2.24) is 20.0 Å². The van der Waals surface area contributed by atoms with Crippen molar-refractivity contribution in [2.75, 3.05) is 20.6 Å². The van der Waals surface area contributed by atoms with Crippen LogP contribution in [0.1, 0.15) is 43.6 Å². The van der Waals surface area contributed by atoms with Gasteiger partial charge in [-0.25, -0.2) is 4.68 Å². The summed E-state index contributed by atoms with van der Waals surface area (Å²) in [5, 5.41) is 17.0. The molecule has 0 radical (unpaired) electrons. The van der Waals surface area contributed by atoms with Crippen LogP contribution in [0.5, 0.6) is 0 Å². The minimum Gasteiger partial charge on any atom is -0.308 e. The number of likely N-dealkylation sites (N-methyl/N-ethyl adjacent to an activating group) is 1. The highest BCUT2D eigenvalue weighted by Crippen LogP contribution is 2.21. The molecule has 1 aromatic carbocycles. The maximum atomic E-state index is 8.91. The highest BCUT2D eigenvalue weighted by atomic mass is 15.3. The zero-order valence-corrected chi connectivity index (χ0v) is 15.5. The Bertz CT molecular complexity index is 719. The van der Waals surface area contributed by atoms with Gasteiger partial charge < -0.3 is 10.2 Å². The molecule has 1 heterocycles. The molecule has 5 nitrogen and oxygen atoms in total. The van der Waals surface area contributed by atoms with Gasteiger partial charge in [0, 0.05) is 29.4 Å². The van der Waals surface area contributed by atoms with Crippen molar-refractivity contribution in [2.24, 2.45) is 0 Å². The predicted octanol–water partition coefficient (Wildman–Crippen LogP) is 3.04. The highest BCUT2D eigenvalue weighted by Gasteiger charge is 2.22. The minimum absolute atomic E-state index is 0.0886. The number of nitrogens with zero attached hydrogens (tertiary/aromatic N) is 4.